The summed E-state index contributed by atoms with van der Waals surface area (Å²) in [5.74, 6) is 4.94. The Balaban J connectivity index is 2.66. The average molecular weight is 280 g/mol. The summed E-state index contributed by atoms with van der Waals surface area (Å²) in [5, 5.41) is 0. The van der Waals surface area contributed by atoms with E-state index in [0.717, 1.165) is 4.88 Å². The zero-order valence-electron chi connectivity index (χ0n) is 10.9. The summed E-state index contributed by atoms with van der Waals surface area (Å²) in [6.45, 7) is 2.25. The molecule has 1 aromatic rings. The van der Waals surface area contributed by atoms with Crippen molar-refractivity contribution in [3.05, 3.63) is 21.9 Å². The number of thiophene rings is 1. The van der Waals surface area contributed by atoms with Gasteiger partial charge in [-0.2, -0.15) is 0 Å². The molecule has 1 aromatic heterocycles. The smallest absolute Gasteiger partial charge is 0.325 e. The molecule has 0 unspecified atom stereocenters. The second-order valence-electron chi connectivity index (χ2n) is 3.64. The molecular weight excluding hydrogens is 264 g/mol. The van der Waals surface area contributed by atoms with Crippen molar-refractivity contribution in [2.75, 3.05) is 26.7 Å². The van der Waals surface area contributed by atoms with Gasteiger partial charge in [0.25, 0.3) is 5.91 Å². The number of hydrogen-bond donors (Lipinski definition) is 1. The summed E-state index contributed by atoms with van der Waals surface area (Å²) in [6.07, 6.45) is 0. The zero-order valence-corrected chi connectivity index (χ0v) is 11.8. The molecule has 0 aliphatic carbocycles. The highest BCUT2D eigenvalue weighted by Gasteiger charge is 2.17. The Labute approximate surface area is 116 Å². The van der Waals surface area contributed by atoms with Gasteiger partial charge in [-0.1, -0.05) is 11.8 Å². The third-order valence-corrected chi connectivity index (χ3v) is 3.14. The second-order valence-corrected chi connectivity index (χ2v) is 4.72. The van der Waals surface area contributed by atoms with Crippen molar-refractivity contribution in [1.82, 2.24) is 4.90 Å². The molecule has 0 aliphatic rings. The van der Waals surface area contributed by atoms with Crippen molar-refractivity contribution in [3.8, 4) is 11.8 Å². The highest BCUT2D eigenvalue weighted by Crippen LogP contribution is 2.17. The molecule has 19 heavy (non-hydrogen) atoms. The molecule has 1 amide bonds. The first-order valence-electron chi connectivity index (χ1n) is 5.78. The van der Waals surface area contributed by atoms with E-state index in [-0.39, 0.29) is 19.0 Å². The molecule has 1 heterocycles. The van der Waals surface area contributed by atoms with Crippen LogP contribution in [-0.4, -0.2) is 43.5 Å². The lowest BCUT2D eigenvalue weighted by atomic mass is 10.4. The van der Waals surface area contributed by atoms with Crippen molar-refractivity contribution >= 4 is 23.2 Å². The topological polar surface area (TPSA) is 72.6 Å². The van der Waals surface area contributed by atoms with Gasteiger partial charge in [-0.3, -0.25) is 9.59 Å². The van der Waals surface area contributed by atoms with Gasteiger partial charge in [-0.05, 0) is 19.1 Å². The maximum Gasteiger partial charge on any atom is 0.325 e. The lowest BCUT2D eigenvalue weighted by Crippen LogP contribution is -2.32. The number of likely N-dealkylation sites (N-methyl/N-ethyl adjacent to an activating group) is 1. The quantitative estimate of drug-likeness (QED) is 0.650. The molecule has 0 atom stereocenters. The van der Waals surface area contributed by atoms with Gasteiger partial charge in [-0.15, -0.1) is 11.3 Å². The van der Waals surface area contributed by atoms with Gasteiger partial charge in [0.05, 0.1) is 22.9 Å². The number of hydrogen-bond acceptors (Lipinski definition) is 5. The van der Waals surface area contributed by atoms with Gasteiger partial charge in [0, 0.05) is 7.05 Å². The van der Waals surface area contributed by atoms with Crippen LogP contribution in [-0.2, 0) is 9.53 Å². The van der Waals surface area contributed by atoms with Crippen molar-refractivity contribution in [1.29, 1.82) is 0 Å². The van der Waals surface area contributed by atoms with E-state index >= 15 is 0 Å². The number of ether oxygens (including phenoxy) is 1. The van der Waals surface area contributed by atoms with Gasteiger partial charge < -0.3 is 15.4 Å². The van der Waals surface area contributed by atoms with E-state index in [0.29, 0.717) is 11.5 Å². The second kappa shape index (κ2) is 7.56. The first kappa shape index (κ1) is 15.2. The van der Waals surface area contributed by atoms with E-state index < -0.39 is 5.97 Å². The van der Waals surface area contributed by atoms with Crippen LogP contribution in [0.15, 0.2) is 12.1 Å². The van der Waals surface area contributed by atoms with Crippen molar-refractivity contribution in [2.24, 2.45) is 5.73 Å². The van der Waals surface area contributed by atoms with E-state index in [1.807, 2.05) is 0 Å². The van der Waals surface area contributed by atoms with E-state index in [1.165, 1.54) is 16.2 Å². The summed E-state index contributed by atoms with van der Waals surface area (Å²) in [6, 6.07) is 3.45. The molecule has 0 aliphatic heterocycles. The van der Waals surface area contributed by atoms with Crippen molar-refractivity contribution in [2.45, 2.75) is 6.92 Å². The molecule has 1 rings (SSSR count). The molecule has 0 saturated heterocycles. The maximum atomic E-state index is 12.0. The summed E-state index contributed by atoms with van der Waals surface area (Å²) >= 11 is 1.28. The number of carbonyl (C=O) groups excluding carboxylic acids is 2. The fourth-order valence-electron chi connectivity index (χ4n) is 1.32. The van der Waals surface area contributed by atoms with Crippen LogP contribution in [0.4, 0.5) is 0 Å². The van der Waals surface area contributed by atoms with E-state index in [1.54, 1.807) is 26.1 Å². The minimum atomic E-state index is -0.418. The monoisotopic (exact) mass is 280 g/mol. The van der Waals surface area contributed by atoms with Gasteiger partial charge >= 0.3 is 5.97 Å². The summed E-state index contributed by atoms with van der Waals surface area (Å²) in [4.78, 5) is 25.9. The predicted molar refractivity (Wildman–Crippen MR) is 73.8 cm³/mol. The van der Waals surface area contributed by atoms with E-state index in [4.69, 9.17) is 10.5 Å². The van der Waals surface area contributed by atoms with Gasteiger partial charge in [-0.25, -0.2) is 0 Å². The lowest BCUT2D eigenvalue weighted by Gasteiger charge is -2.14. The molecule has 5 nitrogen and oxygen atoms in total. The fourth-order valence-corrected chi connectivity index (χ4v) is 2.19. The average Bonchev–Trinajstić information content (AvgIpc) is 2.84. The Kier molecular flexibility index (Phi) is 6.06. The largest absolute Gasteiger partial charge is 0.465 e. The van der Waals surface area contributed by atoms with Crippen LogP contribution in [0.3, 0.4) is 0 Å². The molecule has 0 fully saturated rings. The first-order valence-corrected chi connectivity index (χ1v) is 6.60. The van der Waals surface area contributed by atoms with E-state index in [2.05, 4.69) is 11.8 Å². The third kappa shape index (κ3) is 4.73. The number of rotatable bonds is 4. The molecule has 2 N–H and O–H groups in total. The molecule has 6 heteroatoms. The molecule has 0 spiro atoms. The number of esters is 1. The standard InChI is InChI=1S/C13H16N2O3S/c1-3-18-12(16)9-15(2)13(17)11-7-6-10(19-11)5-4-8-14/h6-7H,3,8-9,14H2,1-2H3. The van der Waals surface area contributed by atoms with Gasteiger partial charge in [0.2, 0.25) is 0 Å². The van der Waals surface area contributed by atoms with Crippen LogP contribution in [0.1, 0.15) is 21.5 Å². The van der Waals surface area contributed by atoms with Crippen LogP contribution in [0.5, 0.6) is 0 Å². The van der Waals surface area contributed by atoms with Crippen LogP contribution >= 0.6 is 11.3 Å². The molecule has 0 saturated carbocycles. The minimum absolute atomic E-state index is 0.0611. The van der Waals surface area contributed by atoms with Crippen molar-refractivity contribution < 1.29 is 14.3 Å². The SMILES string of the molecule is CCOC(=O)CN(C)C(=O)c1ccc(C#CCN)s1. The molecule has 0 radical (unpaired) electrons. The summed E-state index contributed by atoms with van der Waals surface area (Å²) < 4.78 is 4.79. The Morgan fingerprint density at radius 2 is 2.21 bits per heavy atom. The highest BCUT2D eigenvalue weighted by molar-refractivity contribution is 7.14. The third-order valence-electron chi connectivity index (χ3n) is 2.15. The van der Waals surface area contributed by atoms with E-state index in [9.17, 15) is 9.59 Å². The number of amides is 1. The Morgan fingerprint density at radius 3 is 2.84 bits per heavy atom. The van der Waals surface area contributed by atoms with Crippen LogP contribution in [0.25, 0.3) is 0 Å². The number of carbonyl (C=O) groups is 2. The Morgan fingerprint density at radius 1 is 1.47 bits per heavy atom. The summed E-state index contributed by atoms with van der Waals surface area (Å²) in [7, 11) is 1.56. The normalized spacial score (nSPS) is 9.42. The molecule has 0 bridgehead atoms. The van der Waals surface area contributed by atoms with Crippen molar-refractivity contribution in [3.63, 3.8) is 0 Å². The van der Waals surface area contributed by atoms with Crippen LogP contribution in [0, 0.1) is 11.8 Å². The minimum Gasteiger partial charge on any atom is -0.465 e. The highest BCUT2D eigenvalue weighted by atomic mass is 32.1. The Hall–Kier alpha value is -1.84. The Bertz CT molecular complexity index is 513. The first-order chi connectivity index (χ1) is 9.08. The lowest BCUT2D eigenvalue weighted by molar-refractivity contribution is -0.143. The number of nitrogens with two attached hydrogens (primary N) is 1. The summed E-state index contributed by atoms with van der Waals surface area (Å²) in [5.41, 5.74) is 5.28. The zero-order chi connectivity index (χ0) is 14.3. The fraction of sp³-hybridized carbons (Fsp3) is 0.385. The molecule has 0 aromatic carbocycles. The van der Waals surface area contributed by atoms with Crippen LogP contribution in [0.2, 0.25) is 0 Å². The van der Waals surface area contributed by atoms with Gasteiger partial charge in [0.1, 0.15) is 6.54 Å². The molecular formula is C13H16N2O3S. The predicted octanol–water partition coefficient (Wildman–Crippen LogP) is 0.693. The number of nitrogens with zero attached hydrogens (tertiary/aromatic N) is 1. The molecule has 102 valence electrons. The van der Waals surface area contributed by atoms with Gasteiger partial charge in [0.15, 0.2) is 0 Å². The van der Waals surface area contributed by atoms with Crippen LogP contribution < -0.4 is 5.73 Å². The maximum absolute atomic E-state index is 12.0.